The Labute approximate surface area is 134 Å². The van der Waals surface area contributed by atoms with Crippen molar-refractivity contribution in [2.24, 2.45) is 0 Å². The second-order valence-corrected chi connectivity index (χ2v) is 4.96. The fourth-order valence-electron chi connectivity index (χ4n) is 2.33. The molecule has 0 aliphatic carbocycles. The van der Waals surface area contributed by atoms with Crippen molar-refractivity contribution < 1.29 is 4.74 Å². The van der Waals surface area contributed by atoms with E-state index in [1.807, 2.05) is 54.6 Å². The maximum absolute atomic E-state index is 12.6. The Hall–Kier alpha value is -3.08. The fraction of sp³-hybridized carbons (Fsp3) is 0.111. The molecule has 0 saturated heterocycles. The average Bonchev–Trinajstić information content (AvgIpc) is 2.62. The van der Waals surface area contributed by atoms with E-state index in [-0.39, 0.29) is 5.56 Å². The zero-order chi connectivity index (χ0) is 16.1. The molecular weight excluding hydrogens is 290 g/mol. The molecule has 0 amide bonds. The Morgan fingerprint density at radius 1 is 1.09 bits per heavy atom. The predicted octanol–water partition coefficient (Wildman–Crippen LogP) is 2.85. The topological polar surface area (TPSA) is 56.1 Å². The summed E-state index contributed by atoms with van der Waals surface area (Å²) in [6, 6.07) is 17.2. The van der Waals surface area contributed by atoms with Gasteiger partial charge in [-0.15, -0.1) is 0 Å². The molecule has 1 heterocycles. The zero-order valence-electron chi connectivity index (χ0n) is 12.8. The third-order valence-electron chi connectivity index (χ3n) is 3.49. The van der Waals surface area contributed by atoms with E-state index in [0.29, 0.717) is 23.8 Å². The number of anilines is 1. The lowest BCUT2D eigenvalue weighted by atomic mass is 10.2. The van der Waals surface area contributed by atoms with Gasteiger partial charge in [-0.25, -0.2) is 4.98 Å². The van der Waals surface area contributed by atoms with Gasteiger partial charge in [0.1, 0.15) is 5.75 Å². The van der Waals surface area contributed by atoms with Crippen molar-refractivity contribution in [3.8, 4) is 11.4 Å². The second kappa shape index (κ2) is 6.79. The molecular formula is C18H17N3O2. The van der Waals surface area contributed by atoms with Crippen molar-refractivity contribution in [3.63, 3.8) is 0 Å². The Morgan fingerprint density at radius 2 is 1.83 bits per heavy atom. The second-order valence-electron chi connectivity index (χ2n) is 4.96. The molecule has 2 aromatic carbocycles. The lowest BCUT2D eigenvalue weighted by Crippen LogP contribution is -2.23. The minimum absolute atomic E-state index is 0.215. The van der Waals surface area contributed by atoms with Gasteiger partial charge in [0.05, 0.1) is 12.8 Å². The standard InChI is InChI=1S/C18H17N3O2/c1-23-16-10-6-5-9-15(16)21-12-11-19-17(18(21)22)20-13-14-7-3-2-4-8-14/h2-12H,13H2,1H3,(H,19,20). The Morgan fingerprint density at radius 3 is 2.61 bits per heavy atom. The first kappa shape index (κ1) is 14.8. The number of hydrogen-bond donors (Lipinski definition) is 1. The first-order valence-corrected chi connectivity index (χ1v) is 7.28. The SMILES string of the molecule is COc1ccccc1-n1ccnc(NCc2ccccc2)c1=O. The maximum Gasteiger partial charge on any atom is 0.297 e. The van der Waals surface area contributed by atoms with Crippen LogP contribution in [0.5, 0.6) is 5.75 Å². The van der Waals surface area contributed by atoms with Crippen LogP contribution in [-0.4, -0.2) is 16.7 Å². The summed E-state index contributed by atoms with van der Waals surface area (Å²) in [4.78, 5) is 16.8. The van der Waals surface area contributed by atoms with Gasteiger partial charge in [-0.3, -0.25) is 9.36 Å². The Balaban J connectivity index is 1.91. The molecule has 0 fully saturated rings. The van der Waals surface area contributed by atoms with Gasteiger partial charge in [0, 0.05) is 18.9 Å². The molecule has 0 saturated carbocycles. The molecule has 1 N–H and O–H groups in total. The van der Waals surface area contributed by atoms with Crippen molar-refractivity contribution in [2.45, 2.75) is 6.54 Å². The third-order valence-corrected chi connectivity index (χ3v) is 3.49. The number of nitrogens with one attached hydrogen (secondary N) is 1. The summed E-state index contributed by atoms with van der Waals surface area (Å²) in [7, 11) is 1.58. The van der Waals surface area contributed by atoms with Crippen LogP contribution < -0.4 is 15.6 Å². The van der Waals surface area contributed by atoms with E-state index < -0.39 is 0 Å². The number of nitrogens with zero attached hydrogens (tertiary/aromatic N) is 2. The highest BCUT2D eigenvalue weighted by Gasteiger charge is 2.09. The lowest BCUT2D eigenvalue weighted by molar-refractivity contribution is 0.412. The largest absolute Gasteiger partial charge is 0.495 e. The number of rotatable bonds is 5. The van der Waals surface area contributed by atoms with E-state index in [9.17, 15) is 4.79 Å². The van der Waals surface area contributed by atoms with E-state index in [2.05, 4.69) is 10.3 Å². The number of aromatic nitrogens is 2. The molecule has 1 aromatic heterocycles. The fourth-order valence-corrected chi connectivity index (χ4v) is 2.33. The summed E-state index contributed by atoms with van der Waals surface area (Å²) in [6.45, 7) is 0.541. The maximum atomic E-state index is 12.6. The molecule has 5 heteroatoms. The van der Waals surface area contributed by atoms with Crippen LogP contribution in [0.1, 0.15) is 5.56 Å². The minimum atomic E-state index is -0.215. The first-order chi connectivity index (χ1) is 11.3. The van der Waals surface area contributed by atoms with Gasteiger partial charge < -0.3 is 10.1 Å². The smallest absolute Gasteiger partial charge is 0.297 e. The van der Waals surface area contributed by atoms with Crippen molar-refractivity contribution in [1.29, 1.82) is 0 Å². The normalized spacial score (nSPS) is 10.3. The van der Waals surface area contributed by atoms with Gasteiger partial charge in [-0.05, 0) is 17.7 Å². The minimum Gasteiger partial charge on any atom is -0.495 e. The number of para-hydroxylation sites is 2. The van der Waals surface area contributed by atoms with Gasteiger partial charge in [0.2, 0.25) is 0 Å². The lowest BCUT2D eigenvalue weighted by Gasteiger charge is -2.12. The van der Waals surface area contributed by atoms with Crippen LogP contribution in [0.2, 0.25) is 0 Å². The molecule has 0 radical (unpaired) electrons. The van der Waals surface area contributed by atoms with Crippen LogP contribution in [0.15, 0.2) is 71.8 Å². The summed E-state index contributed by atoms with van der Waals surface area (Å²) in [5, 5.41) is 3.09. The molecule has 0 bridgehead atoms. The van der Waals surface area contributed by atoms with E-state index in [1.54, 1.807) is 19.5 Å². The summed E-state index contributed by atoms with van der Waals surface area (Å²) in [5.74, 6) is 0.942. The molecule has 0 atom stereocenters. The summed E-state index contributed by atoms with van der Waals surface area (Å²) in [5.41, 5.74) is 1.56. The van der Waals surface area contributed by atoms with Crippen LogP contribution >= 0.6 is 0 Å². The first-order valence-electron chi connectivity index (χ1n) is 7.28. The summed E-state index contributed by atoms with van der Waals surface area (Å²) >= 11 is 0. The number of ether oxygens (including phenoxy) is 1. The molecule has 23 heavy (non-hydrogen) atoms. The highest BCUT2D eigenvalue weighted by atomic mass is 16.5. The number of hydrogen-bond acceptors (Lipinski definition) is 4. The average molecular weight is 307 g/mol. The molecule has 5 nitrogen and oxygen atoms in total. The molecule has 0 spiro atoms. The van der Waals surface area contributed by atoms with Crippen molar-refractivity contribution in [1.82, 2.24) is 9.55 Å². The third kappa shape index (κ3) is 3.23. The molecule has 116 valence electrons. The predicted molar refractivity (Wildman–Crippen MR) is 90.2 cm³/mol. The van der Waals surface area contributed by atoms with Crippen LogP contribution in [0.25, 0.3) is 5.69 Å². The van der Waals surface area contributed by atoms with Gasteiger partial charge in [0.25, 0.3) is 5.56 Å². The Bertz CT molecular complexity index is 844. The zero-order valence-corrected chi connectivity index (χ0v) is 12.8. The molecule has 3 aromatic rings. The van der Waals surface area contributed by atoms with Gasteiger partial charge in [0.15, 0.2) is 5.82 Å². The van der Waals surface area contributed by atoms with E-state index >= 15 is 0 Å². The highest BCUT2D eigenvalue weighted by molar-refractivity contribution is 5.48. The monoisotopic (exact) mass is 307 g/mol. The quantitative estimate of drug-likeness (QED) is 0.787. The number of methoxy groups -OCH3 is 1. The molecule has 0 unspecified atom stereocenters. The van der Waals surface area contributed by atoms with Crippen LogP contribution in [-0.2, 0) is 6.54 Å². The molecule has 3 rings (SSSR count). The van der Waals surface area contributed by atoms with E-state index in [1.165, 1.54) is 4.57 Å². The van der Waals surface area contributed by atoms with Gasteiger partial charge in [-0.2, -0.15) is 0 Å². The summed E-state index contributed by atoms with van der Waals surface area (Å²) < 4.78 is 6.85. The van der Waals surface area contributed by atoms with Crippen molar-refractivity contribution in [3.05, 3.63) is 82.9 Å². The van der Waals surface area contributed by atoms with E-state index in [4.69, 9.17) is 4.74 Å². The highest BCUT2D eigenvalue weighted by Crippen LogP contribution is 2.20. The summed E-state index contributed by atoms with van der Waals surface area (Å²) in [6.07, 6.45) is 3.23. The Kier molecular flexibility index (Phi) is 4.38. The van der Waals surface area contributed by atoms with Crippen LogP contribution in [0, 0.1) is 0 Å². The van der Waals surface area contributed by atoms with Crippen LogP contribution in [0.4, 0.5) is 5.82 Å². The molecule has 0 aliphatic heterocycles. The number of benzene rings is 2. The van der Waals surface area contributed by atoms with Crippen molar-refractivity contribution in [2.75, 3.05) is 12.4 Å². The van der Waals surface area contributed by atoms with Crippen molar-refractivity contribution >= 4 is 5.82 Å². The molecule has 0 aliphatic rings. The van der Waals surface area contributed by atoms with Gasteiger partial charge >= 0.3 is 0 Å². The van der Waals surface area contributed by atoms with E-state index in [0.717, 1.165) is 5.56 Å². The van der Waals surface area contributed by atoms with Crippen LogP contribution in [0.3, 0.4) is 0 Å². The van der Waals surface area contributed by atoms with Gasteiger partial charge in [-0.1, -0.05) is 42.5 Å².